The van der Waals surface area contributed by atoms with Crippen LogP contribution in [0.2, 0.25) is 0 Å². The van der Waals surface area contributed by atoms with Crippen molar-refractivity contribution >= 4 is 0 Å². The highest BCUT2D eigenvalue weighted by molar-refractivity contribution is 5.69. The number of hydrogen-bond acceptors (Lipinski definition) is 3. The average Bonchev–Trinajstić information content (AvgIpc) is 2.43. The van der Waals surface area contributed by atoms with E-state index in [1.54, 1.807) is 12.1 Å². The third-order valence-corrected chi connectivity index (χ3v) is 1.90. The second-order valence-electron chi connectivity index (χ2n) is 3.12. The molecule has 0 aromatic carbocycles. The zero-order valence-corrected chi connectivity index (χ0v) is 8.03. The summed E-state index contributed by atoms with van der Waals surface area (Å²) in [7, 11) is 0. The smallest absolute Gasteiger partial charge is 0.422 e. The molecule has 0 aromatic rings. The molecule has 0 bridgehead atoms. The van der Waals surface area contributed by atoms with Gasteiger partial charge in [-0.15, -0.1) is 0 Å². The highest BCUT2D eigenvalue weighted by Gasteiger charge is 2.29. The average molecular weight is 228 g/mol. The Labute approximate surface area is 89.2 Å². The monoisotopic (exact) mass is 228 g/mol. The summed E-state index contributed by atoms with van der Waals surface area (Å²) in [4.78, 5) is 7.62. The zero-order chi connectivity index (χ0) is 11.6. The Balaban J connectivity index is 2.22. The highest BCUT2D eigenvalue weighted by Crippen LogP contribution is 2.30. The summed E-state index contributed by atoms with van der Waals surface area (Å²) < 4.78 is 40.5. The van der Waals surface area contributed by atoms with Crippen LogP contribution in [0.4, 0.5) is 13.2 Å². The number of rotatable bonds is 2. The molecule has 3 nitrogen and oxygen atoms in total. The van der Waals surface area contributed by atoms with Gasteiger partial charge in [-0.2, -0.15) is 13.2 Å². The normalized spacial score (nSPS) is 11.7. The van der Waals surface area contributed by atoms with Crippen LogP contribution in [0.3, 0.4) is 0 Å². The van der Waals surface area contributed by atoms with Crippen LogP contribution in [0.5, 0.6) is 5.88 Å². The van der Waals surface area contributed by atoms with Crippen molar-refractivity contribution in [1.82, 2.24) is 9.97 Å². The maximum absolute atomic E-state index is 12.0. The van der Waals surface area contributed by atoms with E-state index in [1.807, 2.05) is 0 Å². The number of halogens is 3. The summed E-state index contributed by atoms with van der Waals surface area (Å²) in [5.74, 6) is -0.0228. The van der Waals surface area contributed by atoms with Gasteiger partial charge >= 0.3 is 6.18 Å². The van der Waals surface area contributed by atoms with Gasteiger partial charge in [0.15, 0.2) is 6.61 Å². The van der Waals surface area contributed by atoms with Crippen molar-refractivity contribution in [3.63, 3.8) is 0 Å². The van der Waals surface area contributed by atoms with Gasteiger partial charge in [0.2, 0.25) is 5.88 Å². The minimum atomic E-state index is -4.36. The molecule has 16 heavy (non-hydrogen) atoms. The van der Waals surface area contributed by atoms with Gasteiger partial charge in [0.1, 0.15) is 0 Å². The molecule has 2 heterocycles. The Bertz CT molecular complexity index is 458. The van der Waals surface area contributed by atoms with Crippen molar-refractivity contribution in [2.24, 2.45) is 0 Å². The standard InChI is InChI=1S/C10H7F3N2O/c11-10(12,13)6-16-9-8-2-4-14-3-1-7(8)5-15-9/h1-5H,6H2. The molecule has 2 aliphatic heterocycles. The quantitative estimate of drug-likeness (QED) is 0.792. The third-order valence-electron chi connectivity index (χ3n) is 1.90. The molecule has 0 atom stereocenters. The van der Waals surface area contributed by atoms with Crippen molar-refractivity contribution in [1.29, 1.82) is 0 Å². The molecule has 0 saturated carbocycles. The maximum Gasteiger partial charge on any atom is 0.422 e. The van der Waals surface area contributed by atoms with Gasteiger partial charge in [0.05, 0.1) is 0 Å². The minimum Gasteiger partial charge on any atom is -0.468 e. The fourth-order valence-electron chi connectivity index (χ4n) is 1.25. The predicted octanol–water partition coefficient (Wildman–Crippen LogP) is 2.52. The fourth-order valence-corrected chi connectivity index (χ4v) is 1.25. The molecule has 84 valence electrons. The Morgan fingerprint density at radius 2 is 1.94 bits per heavy atom. The predicted molar refractivity (Wildman–Crippen MR) is 50.2 cm³/mol. The van der Waals surface area contributed by atoms with Crippen LogP contribution in [-0.4, -0.2) is 22.8 Å². The summed E-state index contributed by atoms with van der Waals surface area (Å²) in [6.07, 6.45) is 0.102. The number of alkyl halides is 3. The van der Waals surface area contributed by atoms with Crippen molar-refractivity contribution < 1.29 is 17.9 Å². The molecular formula is C10H7F3N2O. The van der Waals surface area contributed by atoms with Crippen LogP contribution < -0.4 is 4.74 Å². The first-order valence-electron chi connectivity index (χ1n) is 4.44. The zero-order valence-electron chi connectivity index (χ0n) is 8.03. The van der Waals surface area contributed by atoms with E-state index in [0.717, 1.165) is 0 Å². The van der Waals surface area contributed by atoms with Crippen molar-refractivity contribution in [2.75, 3.05) is 6.61 Å². The Hall–Kier alpha value is -1.85. The third kappa shape index (κ3) is 2.39. The van der Waals surface area contributed by atoms with E-state index in [2.05, 4.69) is 14.7 Å². The molecule has 6 heteroatoms. The van der Waals surface area contributed by atoms with Gasteiger partial charge in [-0.1, -0.05) is 0 Å². The summed E-state index contributed by atoms with van der Waals surface area (Å²) in [5.41, 5.74) is 1.21. The molecule has 0 aliphatic carbocycles. The van der Waals surface area contributed by atoms with E-state index in [0.29, 0.717) is 11.1 Å². The van der Waals surface area contributed by atoms with Crippen LogP contribution >= 0.6 is 0 Å². The Kier molecular flexibility index (Phi) is 2.64. The van der Waals surface area contributed by atoms with Gasteiger partial charge in [0.25, 0.3) is 0 Å². The molecular weight excluding hydrogens is 221 g/mol. The summed E-state index contributed by atoms with van der Waals surface area (Å²) in [6, 6.07) is 3.22. The van der Waals surface area contributed by atoms with Crippen molar-refractivity contribution in [3.05, 3.63) is 30.7 Å². The maximum atomic E-state index is 12.0. The Morgan fingerprint density at radius 3 is 2.69 bits per heavy atom. The molecule has 0 amide bonds. The molecule has 0 fully saturated rings. The Morgan fingerprint density at radius 1 is 1.19 bits per heavy atom. The van der Waals surface area contributed by atoms with E-state index in [1.165, 1.54) is 18.6 Å². The van der Waals surface area contributed by atoms with Crippen LogP contribution in [0.1, 0.15) is 0 Å². The molecule has 0 saturated heterocycles. The van der Waals surface area contributed by atoms with Gasteiger partial charge in [-0.25, -0.2) is 4.98 Å². The molecule has 0 N–H and O–H groups in total. The van der Waals surface area contributed by atoms with Gasteiger partial charge < -0.3 is 4.74 Å². The van der Waals surface area contributed by atoms with Gasteiger partial charge in [0, 0.05) is 29.7 Å². The minimum absolute atomic E-state index is 0.0228. The van der Waals surface area contributed by atoms with E-state index >= 15 is 0 Å². The summed E-state index contributed by atoms with van der Waals surface area (Å²) >= 11 is 0. The molecule has 0 aromatic heterocycles. The molecule has 2 rings (SSSR count). The fraction of sp³-hybridized carbons (Fsp3) is 0.200. The van der Waals surface area contributed by atoms with Gasteiger partial charge in [-0.3, -0.25) is 4.98 Å². The van der Waals surface area contributed by atoms with Crippen LogP contribution in [0.15, 0.2) is 30.7 Å². The van der Waals surface area contributed by atoms with E-state index in [-0.39, 0.29) is 5.88 Å². The van der Waals surface area contributed by atoms with Crippen LogP contribution in [-0.2, 0) is 0 Å². The number of hydrogen-bond donors (Lipinski definition) is 0. The summed E-state index contributed by atoms with van der Waals surface area (Å²) in [6.45, 7) is -1.34. The topological polar surface area (TPSA) is 35.0 Å². The first-order valence-corrected chi connectivity index (χ1v) is 4.44. The van der Waals surface area contributed by atoms with Crippen LogP contribution in [0, 0.1) is 0 Å². The number of fused-ring (bicyclic) bond motifs is 1. The lowest BCUT2D eigenvalue weighted by molar-refractivity contribution is -0.153. The SMILES string of the molecule is FC(F)(F)COc1ncc2ccnccc1-2. The number of aromatic nitrogens is 2. The van der Waals surface area contributed by atoms with E-state index < -0.39 is 12.8 Å². The van der Waals surface area contributed by atoms with Gasteiger partial charge in [-0.05, 0) is 12.1 Å². The molecule has 0 unspecified atom stereocenters. The second-order valence-corrected chi connectivity index (χ2v) is 3.12. The lowest BCUT2D eigenvalue weighted by atomic mass is 10.2. The largest absolute Gasteiger partial charge is 0.468 e. The summed E-state index contributed by atoms with van der Waals surface area (Å²) in [5, 5.41) is 0. The van der Waals surface area contributed by atoms with E-state index in [4.69, 9.17) is 0 Å². The highest BCUT2D eigenvalue weighted by atomic mass is 19.4. The first kappa shape index (κ1) is 10.7. The van der Waals surface area contributed by atoms with Crippen molar-refractivity contribution in [2.45, 2.75) is 6.18 Å². The van der Waals surface area contributed by atoms with Crippen molar-refractivity contribution in [3.8, 4) is 17.0 Å². The number of ether oxygens (including phenoxy) is 1. The number of nitrogens with zero attached hydrogens (tertiary/aromatic N) is 2. The van der Waals surface area contributed by atoms with E-state index in [9.17, 15) is 13.2 Å². The first-order chi connectivity index (χ1) is 7.56. The molecule has 0 spiro atoms. The van der Waals surface area contributed by atoms with Crippen LogP contribution in [0.25, 0.3) is 11.1 Å². The molecule has 2 aliphatic rings. The lowest BCUT2D eigenvalue weighted by Gasteiger charge is -2.07. The molecule has 0 radical (unpaired) electrons. The lowest BCUT2D eigenvalue weighted by Crippen LogP contribution is -2.19. The second kappa shape index (κ2) is 3.96.